The van der Waals surface area contributed by atoms with E-state index in [9.17, 15) is 23.1 Å². The highest BCUT2D eigenvalue weighted by Crippen LogP contribution is 2.44. The van der Waals surface area contributed by atoms with Gasteiger partial charge in [-0.2, -0.15) is 0 Å². The molecule has 1 aromatic rings. The maximum absolute atomic E-state index is 12.5. The Bertz CT molecular complexity index is 741. The van der Waals surface area contributed by atoms with Gasteiger partial charge >= 0.3 is 12.3 Å². The first-order valence-electron chi connectivity index (χ1n) is 7.54. The molecular weight excluding hydrogens is 355 g/mol. The van der Waals surface area contributed by atoms with Gasteiger partial charge < -0.3 is 15.2 Å². The second-order valence-corrected chi connectivity index (χ2v) is 6.75. The zero-order valence-electron chi connectivity index (χ0n) is 13.9. The van der Waals surface area contributed by atoms with Crippen LogP contribution in [0.5, 0.6) is 5.75 Å². The zero-order valence-corrected chi connectivity index (χ0v) is 14.7. The van der Waals surface area contributed by atoms with E-state index in [4.69, 9.17) is 0 Å². The molecule has 1 unspecified atom stereocenters. The van der Waals surface area contributed by atoms with E-state index in [1.165, 1.54) is 30.0 Å². The third kappa shape index (κ3) is 4.50. The number of hydrogen-bond donors (Lipinski definition) is 2. The Hall–Kier alpha value is -2.09. The summed E-state index contributed by atoms with van der Waals surface area (Å²) >= 11 is 1.46. The van der Waals surface area contributed by atoms with Crippen molar-refractivity contribution in [3.05, 3.63) is 51.7 Å². The van der Waals surface area contributed by atoms with Crippen LogP contribution < -0.4 is 10.1 Å². The third-order valence-corrected chi connectivity index (χ3v) is 4.80. The van der Waals surface area contributed by atoms with Gasteiger partial charge in [0.05, 0.1) is 11.5 Å². The Balaban J connectivity index is 2.55. The molecule has 2 rings (SSSR count). The van der Waals surface area contributed by atoms with E-state index in [0.29, 0.717) is 17.0 Å². The van der Waals surface area contributed by atoms with Gasteiger partial charge in [0, 0.05) is 16.3 Å². The molecule has 2 N–H and O–H groups in total. The summed E-state index contributed by atoms with van der Waals surface area (Å²) < 4.78 is 41.5. The minimum atomic E-state index is -4.80. The van der Waals surface area contributed by atoms with Gasteiger partial charge in [-0.25, -0.2) is 4.79 Å². The van der Waals surface area contributed by atoms with E-state index in [1.807, 2.05) is 13.8 Å². The van der Waals surface area contributed by atoms with Gasteiger partial charge in [0.15, 0.2) is 0 Å². The molecular formula is C17H18F3NO3S. The van der Waals surface area contributed by atoms with E-state index < -0.39 is 18.2 Å². The van der Waals surface area contributed by atoms with Crippen molar-refractivity contribution in [2.75, 3.05) is 5.75 Å². The second-order valence-electron chi connectivity index (χ2n) is 5.44. The molecule has 1 aliphatic heterocycles. The number of carbonyl (C=O) groups is 1. The van der Waals surface area contributed by atoms with Crippen LogP contribution >= 0.6 is 11.8 Å². The largest absolute Gasteiger partial charge is 0.573 e. The number of thioether (sulfide) groups is 1. The molecule has 1 aromatic carbocycles. The summed E-state index contributed by atoms with van der Waals surface area (Å²) in [7, 11) is 0. The summed E-state index contributed by atoms with van der Waals surface area (Å²) in [6.45, 7) is 5.39. The lowest BCUT2D eigenvalue weighted by Crippen LogP contribution is -2.27. The zero-order chi connectivity index (χ0) is 18.8. The van der Waals surface area contributed by atoms with E-state index in [1.54, 1.807) is 13.0 Å². The Morgan fingerprint density at radius 1 is 1.32 bits per heavy atom. The van der Waals surface area contributed by atoms with Crippen LogP contribution in [0.3, 0.4) is 0 Å². The van der Waals surface area contributed by atoms with Crippen LogP contribution in [0.1, 0.15) is 32.3 Å². The van der Waals surface area contributed by atoms with E-state index >= 15 is 0 Å². The summed E-state index contributed by atoms with van der Waals surface area (Å²) in [6.07, 6.45) is -4.80. The Labute approximate surface area is 147 Å². The van der Waals surface area contributed by atoms with Gasteiger partial charge in [-0.1, -0.05) is 19.1 Å². The normalized spacial score (nSPS) is 18.2. The average Bonchev–Trinajstić information content (AvgIpc) is 2.47. The molecule has 0 bridgehead atoms. The molecule has 0 amide bonds. The molecule has 0 spiro atoms. The molecule has 1 heterocycles. The number of alkyl halides is 3. The number of nitrogens with one attached hydrogen (secondary N) is 1. The lowest BCUT2D eigenvalue weighted by molar-refractivity contribution is -0.274. The fraction of sp³-hybridized carbons (Fsp3) is 0.353. The highest BCUT2D eigenvalue weighted by atomic mass is 32.2. The standard InChI is InChI=1S/C17H18F3NO3S/c1-4-25-15-10(3)21-9(2)13(16(22)23)14(15)11-6-5-7-12(8-11)24-17(18,19)20/h5-8,14,21H,4H2,1-3H3,(H,22,23). The fourth-order valence-electron chi connectivity index (χ4n) is 2.81. The van der Waals surface area contributed by atoms with Gasteiger partial charge in [-0.3, -0.25) is 0 Å². The first-order chi connectivity index (χ1) is 11.6. The van der Waals surface area contributed by atoms with Crippen LogP contribution in [0.15, 0.2) is 46.1 Å². The van der Waals surface area contributed by atoms with Crippen molar-refractivity contribution in [1.29, 1.82) is 0 Å². The summed E-state index contributed by atoms with van der Waals surface area (Å²) in [5, 5.41) is 12.7. The van der Waals surface area contributed by atoms with E-state index in [2.05, 4.69) is 10.1 Å². The van der Waals surface area contributed by atoms with Gasteiger partial charge in [-0.05, 0) is 37.3 Å². The van der Waals surface area contributed by atoms with Crippen LogP contribution in [-0.2, 0) is 4.79 Å². The topological polar surface area (TPSA) is 58.6 Å². The predicted octanol–water partition coefficient (Wildman–Crippen LogP) is 4.62. The van der Waals surface area contributed by atoms with E-state index in [0.717, 1.165) is 10.6 Å². The van der Waals surface area contributed by atoms with Crippen molar-refractivity contribution in [2.24, 2.45) is 0 Å². The summed E-state index contributed by atoms with van der Waals surface area (Å²) in [6, 6.07) is 5.47. The molecule has 0 radical (unpaired) electrons. The highest BCUT2D eigenvalue weighted by Gasteiger charge is 2.35. The molecule has 1 aliphatic rings. The molecule has 25 heavy (non-hydrogen) atoms. The number of benzene rings is 1. The van der Waals surface area contributed by atoms with Crippen LogP contribution in [0.4, 0.5) is 13.2 Å². The molecule has 4 nitrogen and oxygen atoms in total. The fourth-order valence-corrected chi connectivity index (χ4v) is 3.81. The van der Waals surface area contributed by atoms with Crippen LogP contribution in [-0.4, -0.2) is 23.2 Å². The third-order valence-electron chi connectivity index (χ3n) is 3.65. The molecule has 1 atom stereocenters. The minimum absolute atomic E-state index is 0.116. The summed E-state index contributed by atoms with van der Waals surface area (Å²) in [5.41, 5.74) is 1.82. The smallest absolute Gasteiger partial charge is 0.478 e. The maximum Gasteiger partial charge on any atom is 0.573 e. The Kier molecular flexibility index (Phi) is 5.72. The predicted molar refractivity (Wildman–Crippen MR) is 90.2 cm³/mol. The lowest BCUT2D eigenvalue weighted by atomic mass is 9.86. The van der Waals surface area contributed by atoms with Crippen molar-refractivity contribution in [2.45, 2.75) is 33.1 Å². The Morgan fingerprint density at radius 2 is 2.00 bits per heavy atom. The molecule has 0 aromatic heterocycles. The van der Waals surface area contributed by atoms with Crippen molar-refractivity contribution < 1.29 is 27.8 Å². The summed E-state index contributed by atoms with van der Waals surface area (Å²) in [5.74, 6) is -1.43. The number of ether oxygens (including phenoxy) is 1. The number of aliphatic carboxylic acids is 1. The van der Waals surface area contributed by atoms with Crippen molar-refractivity contribution in [3.63, 3.8) is 0 Å². The first kappa shape index (κ1) is 19.2. The second kappa shape index (κ2) is 7.43. The van der Waals surface area contributed by atoms with Crippen LogP contribution in [0, 0.1) is 0 Å². The molecule has 8 heteroatoms. The quantitative estimate of drug-likeness (QED) is 0.789. The SMILES string of the molecule is CCSC1=C(C)NC(C)=C(C(=O)O)C1c1cccc(OC(F)(F)F)c1. The molecule has 0 aliphatic carbocycles. The van der Waals surface area contributed by atoms with E-state index in [-0.39, 0.29) is 11.3 Å². The van der Waals surface area contributed by atoms with Crippen LogP contribution in [0.2, 0.25) is 0 Å². The highest BCUT2D eigenvalue weighted by molar-refractivity contribution is 8.03. The number of carboxylic acids is 1. The average molecular weight is 373 g/mol. The minimum Gasteiger partial charge on any atom is -0.478 e. The van der Waals surface area contributed by atoms with Crippen molar-refractivity contribution in [1.82, 2.24) is 5.32 Å². The monoisotopic (exact) mass is 373 g/mol. The van der Waals surface area contributed by atoms with Gasteiger partial charge in [0.1, 0.15) is 5.75 Å². The van der Waals surface area contributed by atoms with Crippen molar-refractivity contribution >= 4 is 17.7 Å². The molecule has 0 saturated carbocycles. The maximum atomic E-state index is 12.5. The molecule has 0 fully saturated rings. The van der Waals surface area contributed by atoms with Gasteiger partial charge in [-0.15, -0.1) is 24.9 Å². The first-order valence-corrected chi connectivity index (χ1v) is 8.53. The summed E-state index contributed by atoms with van der Waals surface area (Å²) in [4.78, 5) is 12.6. The van der Waals surface area contributed by atoms with Crippen LogP contribution in [0.25, 0.3) is 0 Å². The Morgan fingerprint density at radius 3 is 2.56 bits per heavy atom. The lowest BCUT2D eigenvalue weighted by Gasteiger charge is -2.30. The number of allylic oxidation sites excluding steroid dienone is 3. The van der Waals surface area contributed by atoms with Crippen molar-refractivity contribution in [3.8, 4) is 5.75 Å². The molecule has 0 saturated heterocycles. The number of carboxylic acid groups (broad SMARTS) is 1. The number of hydrogen-bond acceptors (Lipinski definition) is 4. The number of halogens is 3. The van der Waals surface area contributed by atoms with Gasteiger partial charge in [0.2, 0.25) is 0 Å². The molecule has 136 valence electrons. The van der Waals surface area contributed by atoms with Gasteiger partial charge in [0.25, 0.3) is 0 Å². The number of dihydropyridines is 1. The number of rotatable bonds is 5.